The topological polar surface area (TPSA) is 62.5 Å². The molecular formula is C23H18BrClN4OS. The van der Waals surface area contributed by atoms with Crippen LogP contribution in [0.4, 0.5) is 0 Å². The van der Waals surface area contributed by atoms with Crippen molar-refractivity contribution in [3.63, 3.8) is 0 Å². The number of aryl methyl sites for hydroxylation is 1. The quantitative estimate of drug-likeness (QED) is 0.187. The number of aromatic amines is 1. The molecule has 1 N–H and O–H groups in total. The number of hydrogen-bond acceptors (Lipinski definition) is 4. The Labute approximate surface area is 196 Å². The molecule has 2 aromatic heterocycles. The Hall–Kier alpha value is -2.74. The van der Waals surface area contributed by atoms with Crippen molar-refractivity contribution >= 4 is 50.9 Å². The lowest BCUT2D eigenvalue weighted by Crippen LogP contribution is -2.13. The molecule has 0 aliphatic heterocycles. The molecule has 0 fully saturated rings. The molecule has 4 aromatic rings. The van der Waals surface area contributed by atoms with E-state index in [-0.39, 0.29) is 5.78 Å². The maximum atomic E-state index is 11.7. The van der Waals surface area contributed by atoms with Crippen LogP contribution in [0.3, 0.4) is 0 Å². The molecule has 0 bridgehead atoms. The Morgan fingerprint density at radius 3 is 2.52 bits per heavy atom. The van der Waals surface area contributed by atoms with E-state index < -0.39 is 0 Å². The van der Waals surface area contributed by atoms with Gasteiger partial charge < -0.3 is 4.98 Å². The lowest BCUT2D eigenvalue weighted by atomic mass is 10.1. The standard InChI is InChI=1S/C23H18BrClN4OS/c1-14-21(15(2)30)11-19(27-14)12-26-28-23-29(20-9-7-18(25)8-10-20)22(13-31-23)16-3-5-17(24)6-4-16/h3-13,27H,1-2H3/b26-12+,28-23-. The van der Waals surface area contributed by atoms with E-state index >= 15 is 0 Å². The van der Waals surface area contributed by atoms with Gasteiger partial charge in [0.15, 0.2) is 5.78 Å². The van der Waals surface area contributed by atoms with Gasteiger partial charge in [-0.25, -0.2) is 0 Å². The SMILES string of the molecule is CC(=O)c1cc(/C=N/N=c2\scc(-c3ccc(Br)cc3)n2-c2ccc(Cl)cc2)[nH]c1C. The van der Waals surface area contributed by atoms with Gasteiger partial charge in [-0.05, 0) is 61.9 Å². The van der Waals surface area contributed by atoms with Crippen LogP contribution in [0.1, 0.15) is 28.7 Å². The van der Waals surface area contributed by atoms with Crippen molar-refractivity contribution in [2.45, 2.75) is 13.8 Å². The van der Waals surface area contributed by atoms with Gasteiger partial charge in [0.05, 0.1) is 17.6 Å². The van der Waals surface area contributed by atoms with E-state index in [4.69, 9.17) is 11.6 Å². The number of thiazole rings is 1. The van der Waals surface area contributed by atoms with Crippen molar-refractivity contribution in [1.29, 1.82) is 0 Å². The molecule has 2 heterocycles. The van der Waals surface area contributed by atoms with Crippen LogP contribution in [0.2, 0.25) is 5.02 Å². The minimum absolute atomic E-state index is 0.0170. The summed E-state index contributed by atoms with van der Waals surface area (Å²) in [5.41, 5.74) is 5.21. The fourth-order valence-electron chi connectivity index (χ4n) is 3.20. The number of hydrogen-bond donors (Lipinski definition) is 1. The van der Waals surface area contributed by atoms with Crippen LogP contribution < -0.4 is 4.80 Å². The number of nitrogens with zero attached hydrogens (tertiary/aromatic N) is 3. The van der Waals surface area contributed by atoms with Crippen molar-refractivity contribution in [3.05, 3.63) is 91.2 Å². The van der Waals surface area contributed by atoms with Gasteiger partial charge in [0.2, 0.25) is 4.80 Å². The zero-order valence-corrected chi connectivity index (χ0v) is 19.9. The van der Waals surface area contributed by atoms with E-state index in [0.717, 1.165) is 32.8 Å². The summed E-state index contributed by atoms with van der Waals surface area (Å²) in [6.45, 7) is 3.41. The van der Waals surface area contributed by atoms with E-state index in [9.17, 15) is 4.79 Å². The second kappa shape index (κ2) is 9.18. The van der Waals surface area contributed by atoms with Crippen LogP contribution in [-0.2, 0) is 0 Å². The van der Waals surface area contributed by atoms with E-state index in [0.29, 0.717) is 15.4 Å². The van der Waals surface area contributed by atoms with Gasteiger partial charge in [-0.2, -0.15) is 5.10 Å². The number of nitrogens with one attached hydrogen (secondary N) is 1. The summed E-state index contributed by atoms with van der Waals surface area (Å²) in [5.74, 6) is 0.0170. The summed E-state index contributed by atoms with van der Waals surface area (Å²) in [4.78, 5) is 15.5. The lowest BCUT2D eigenvalue weighted by Gasteiger charge is -2.09. The predicted molar refractivity (Wildman–Crippen MR) is 130 cm³/mol. The maximum Gasteiger partial charge on any atom is 0.215 e. The van der Waals surface area contributed by atoms with Gasteiger partial charge in [-0.15, -0.1) is 16.4 Å². The second-order valence-electron chi connectivity index (χ2n) is 6.89. The van der Waals surface area contributed by atoms with Crippen LogP contribution in [0.15, 0.2) is 74.7 Å². The molecule has 8 heteroatoms. The molecule has 31 heavy (non-hydrogen) atoms. The average molecular weight is 514 g/mol. The summed E-state index contributed by atoms with van der Waals surface area (Å²) >= 11 is 11.1. The predicted octanol–water partition coefficient (Wildman–Crippen LogP) is 6.40. The molecule has 0 aliphatic carbocycles. The third-order valence-corrected chi connectivity index (χ3v) is 6.28. The number of carbonyl (C=O) groups is 1. The van der Waals surface area contributed by atoms with Crippen LogP contribution in [0.25, 0.3) is 16.9 Å². The van der Waals surface area contributed by atoms with Gasteiger partial charge >= 0.3 is 0 Å². The first-order valence-electron chi connectivity index (χ1n) is 9.42. The molecule has 0 atom stereocenters. The number of rotatable bonds is 5. The number of aromatic nitrogens is 2. The maximum absolute atomic E-state index is 11.7. The largest absolute Gasteiger partial charge is 0.357 e. The molecule has 0 saturated heterocycles. The number of ketones is 1. The van der Waals surface area contributed by atoms with Gasteiger partial charge in [-0.3, -0.25) is 9.36 Å². The van der Waals surface area contributed by atoms with Crippen LogP contribution in [0.5, 0.6) is 0 Å². The highest BCUT2D eigenvalue weighted by molar-refractivity contribution is 9.10. The molecular weight excluding hydrogens is 496 g/mol. The van der Waals surface area contributed by atoms with Crippen molar-refractivity contribution < 1.29 is 4.79 Å². The van der Waals surface area contributed by atoms with Crippen LogP contribution in [-0.4, -0.2) is 21.5 Å². The van der Waals surface area contributed by atoms with Gasteiger partial charge in [0.25, 0.3) is 0 Å². The fourth-order valence-corrected chi connectivity index (χ4v) is 4.45. The molecule has 156 valence electrons. The summed E-state index contributed by atoms with van der Waals surface area (Å²) in [7, 11) is 0. The monoisotopic (exact) mass is 512 g/mol. The Morgan fingerprint density at radius 2 is 1.87 bits per heavy atom. The van der Waals surface area contributed by atoms with Crippen molar-refractivity contribution in [2.24, 2.45) is 10.2 Å². The number of Topliss-reactive ketones (excluding diaryl/α,β-unsaturated/α-hetero) is 1. The minimum Gasteiger partial charge on any atom is -0.357 e. The van der Waals surface area contributed by atoms with E-state index in [2.05, 4.69) is 48.6 Å². The Balaban J connectivity index is 1.78. The summed E-state index contributed by atoms with van der Waals surface area (Å²) in [6.07, 6.45) is 1.62. The second-order valence-corrected chi connectivity index (χ2v) is 9.08. The normalized spacial score (nSPS) is 12.1. The van der Waals surface area contributed by atoms with Gasteiger partial charge in [0.1, 0.15) is 0 Å². The molecule has 0 amide bonds. The molecule has 0 spiro atoms. The van der Waals surface area contributed by atoms with Crippen LogP contribution in [0, 0.1) is 6.92 Å². The van der Waals surface area contributed by atoms with E-state index in [1.165, 1.54) is 11.3 Å². The molecule has 2 aromatic carbocycles. The van der Waals surface area contributed by atoms with Gasteiger partial charge in [0, 0.05) is 31.8 Å². The molecule has 0 aliphatic rings. The molecule has 0 radical (unpaired) electrons. The van der Waals surface area contributed by atoms with Crippen molar-refractivity contribution in [1.82, 2.24) is 9.55 Å². The Kier molecular flexibility index (Phi) is 6.36. The number of H-pyrrole nitrogens is 1. The molecule has 0 unspecified atom stereocenters. The first-order valence-corrected chi connectivity index (χ1v) is 11.5. The first kappa shape index (κ1) is 21.5. The van der Waals surface area contributed by atoms with Crippen LogP contribution >= 0.6 is 38.9 Å². The number of benzene rings is 2. The summed E-state index contributed by atoms with van der Waals surface area (Å²) in [6, 6.07) is 17.5. The highest BCUT2D eigenvalue weighted by Crippen LogP contribution is 2.25. The highest BCUT2D eigenvalue weighted by atomic mass is 79.9. The Bertz CT molecular complexity index is 1330. The summed E-state index contributed by atoms with van der Waals surface area (Å²) < 4.78 is 3.06. The number of carbonyl (C=O) groups excluding carboxylic acids is 1. The first-order chi connectivity index (χ1) is 14.9. The fraction of sp³-hybridized carbons (Fsp3) is 0.0870. The third kappa shape index (κ3) is 4.79. The lowest BCUT2D eigenvalue weighted by molar-refractivity contribution is 0.101. The molecule has 4 rings (SSSR count). The number of halogens is 2. The highest BCUT2D eigenvalue weighted by Gasteiger charge is 2.11. The zero-order valence-electron chi connectivity index (χ0n) is 16.8. The smallest absolute Gasteiger partial charge is 0.215 e. The van der Waals surface area contributed by atoms with E-state index in [1.807, 2.05) is 47.9 Å². The zero-order chi connectivity index (χ0) is 22.0. The van der Waals surface area contributed by atoms with Gasteiger partial charge in [-0.1, -0.05) is 39.7 Å². The summed E-state index contributed by atoms with van der Waals surface area (Å²) in [5, 5.41) is 11.4. The average Bonchev–Trinajstić information content (AvgIpc) is 3.33. The van der Waals surface area contributed by atoms with Crippen molar-refractivity contribution in [3.8, 4) is 16.9 Å². The molecule has 5 nitrogen and oxygen atoms in total. The minimum atomic E-state index is 0.0170. The Morgan fingerprint density at radius 1 is 1.16 bits per heavy atom. The third-order valence-electron chi connectivity index (χ3n) is 4.69. The molecule has 0 saturated carbocycles. The van der Waals surface area contributed by atoms with Crippen molar-refractivity contribution in [2.75, 3.05) is 0 Å². The van der Waals surface area contributed by atoms with E-state index in [1.54, 1.807) is 19.2 Å².